The Bertz CT molecular complexity index is 398. The average molecular weight is 311 g/mol. The molecule has 6 nitrogen and oxygen atoms in total. The van der Waals surface area contributed by atoms with Crippen LogP contribution in [0, 0.1) is 5.41 Å². The van der Waals surface area contributed by atoms with Crippen LogP contribution in [0.15, 0.2) is 0 Å². The van der Waals surface area contributed by atoms with Crippen LogP contribution < -0.4 is 0 Å². The van der Waals surface area contributed by atoms with Crippen LogP contribution in [0.25, 0.3) is 0 Å². The van der Waals surface area contributed by atoms with Gasteiger partial charge in [-0.1, -0.05) is 0 Å². The maximum absolute atomic E-state index is 12.3. The molecule has 3 aliphatic rings. The van der Waals surface area contributed by atoms with Gasteiger partial charge in [0.15, 0.2) is 0 Å². The lowest BCUT2D eigenvalue weighted by atomic mass is 9.87. The smallest absolute Gasteiger partial charge is 0.319 e. The van der Waals surface area contributed by atoms with Crippen LogP contribution in [0.2, 0.25) is 0 Å². The predicted molar refractivity (Wildman–Crippen MR) is 83.9 cm³/mol. The van der Waals surface area contributed by atoms with E-state index in [1.807, 2.05) is 19.0 Å². The molecule has 3 saturated heterocycles. The molecule has 126 valence electrons. The Hall–Kier alpha value is -0.850. The van der Waals surface area contributed by atoms with Crippen molar-refractivity contribution >= 4 is 6.03 Å². The second kappa shape index (κ2) is 6.72. The summed E-state index contributed by atoms with van der Waals surface area (Å²) in [6, 6.07) is 0.753. The summed E-state index contributed by atoms with van der Waals surface area (Å²) in [5, 5.41) is 0. The van der Waals surface area contributed by atoms with E-state index >= 15 is 0 Å². The zero-order valence-corrected chi connectivity index (χ0v) is 13.9. The summed E-state index contributed by atoms with van der Waals surface area (Å²) in [6.07, 6.45) is 3.40. The second-order valence-electron chi connectivity index (χ2n) is 7.22. The van der Waals surface area contributed by atoms with Gasteiger partial charge < -0.3 is 19.3 Å². The van der Waals surface area contributed by atoms with E-state index in [1.165, 1.54) is 0 Å². The van der Waals surface area contributed by atoms with Crippen molar-refractivity contribution in [1.82, 2.24) is 14.7 Å². The van der Waals surface area contributed by atoms with Crippen LogP contribution in [0.3, 0.4) is 0 Å². The molecular weight excluding hydrogens is 282 g/mol. The molecule has 1 atom stereocenters. The first-order valence-corrected chi connectivity index (χ1v) is 8.45. The molecule has 6 heteroatoms. The highest BCUT2D eigenvalue weighted by molar-refractivity contribution is 5.73. The third-order valence-electron chi connectivity index (χ3n) is 5.27. The SMILES string of the molecule is CN(C)C(=O)N1CCOC[C@]2(CCN(C3CCOCC3)C2)C1. The van der Waals surface area contributed by atoms with E-state index in [9.17, 15) is 4.79 Å². The Balaban J connectivity index is 1.65. The predicted octanol–water partition coefficient (Wildman–Crippen LogP) is 0.871. The lowest BCUT2D eigenvalue weighted by molar-refractivity contribution is 0.0289. The van der Waals surface area contributed by atoms with Crippen molar-refractivity contribution in [2.45, 2.75) is 25.3 Å². The van der Waals surface area contributed by atoms with Gasteiger partial charge in [0.1, 0.15) is 0 Å². The number of carbonyl (C=O) groups is 1. The molecule has 0 unspecified atom stereocenters. The molecule has 3 fully saturated rings. The largest absolute Gasteiger partial charge is 0.381 e. The van der Waals surface area contributed by atoms with Gasteiger partial charge in [-0.3, -0.25) is 4.90 Å². The normalized spacial score (nSPS) is 31.5. The molecular formula is C16H29N3O3. The number of rotatable bonds is 1. The molecule has 0 aliphatic carbocycles. The van der Waals surface area contributed by atoms with Crippen molar-refractivity contribution in [2.75, 3.05) is 66.7 Å². The maximum Gasteiger partial charge on any atom is 0.319 e. The fourth-order valence-electron chi connectivity index (χ4n) is 4.02. The van der Waals surface area contributed by atoms with E-state index in [0.29, 0.717) is 19.2 Å². The molecule has 1 spiro atoms. The van der Waals surface area contributed by atoms with Crippen LogP contribution in [-0.2, 0) is 9.47 Å². The Labute approximate surface area is 133 Å². The van der Waals surface area contributed by atoms with Crippen molar-refractivity contribution in [3.63, 3.8) is 0 Å². The lowest BCUT2D eigenvalue weighted by Gasteiger charge is -2.35. The second-order valence-corrected chi connectivity index (χ2v) is 7.22. The number of urea groups is 1. The molecule has 0 bridgehead atoms. The molecule has 0 N–H and O–H groups in total. The first-order valence-electron chi connectivity index (χ1n) is 8.45. The molecule has 3 heterocycles. The van der Waals surface area contributed by atoms with Crippen LogP contribution >= 0.6 is 0 Å². The standard InChI is InChI=1S/C16H29N3O3/c1-17(2)15(20)19-7-10-22-13-16(12-19)5-6-18(11-16)14-3-8-21-9-4-14/h14H,3-13H2,1-2H3/t16-/m0/s1. The number of hydrogen-bond acceptors (Lipinski definition) is 4. The highest BCUT2D eigenvalue weighted by Gasteiger charge is 2.44. The molecule has 0 aromatic carbocycles. The molecule has 3 rings (SSSR count). The van der Waals surface area contributed by atoms with E-state index in [2.05, 4.69) is 4.90 Å². The van der Waals surface area contributed by atoms with Crippen LogP contribution in [0.4, 0.5) is 4.79 Å². The minimum atomic E-state index is 0.106. The summed E-state index contributed by atoms with van der Waals surface area (Å²) < 4.78 is 11.3. The van der Waals surface area contributed by atoms with Crippen molar-refractivity contribution in [3.8, 4) is 0 Å². The lowest BCUT2D eigenvalue weighted by Crippen LogP contribution is -2.47. The van der Waals surface area contributed by atoms with E-state index in [1.54, 1.807) is 4.90 Å². The summed E-state index contributed by atoms with van der Waals surface area (Å²) in [4.78, 5) is 18.6. The first-order chi connectivity index (χ1) is 10.6. The number of amides is 2. The Kier molecular flexibility index (Phi) is 4.90. The summed E-state index contributed by atoms with van der Waals surface area (Å²) in [6.45, 7) is 6.90. The van der Waals surface area contributed by atoms with Crippen LogP contribution in [0.5, 0.6) is 0 Å². The summed E-state index contributed by atoms with van der Waals surface area (Å²) in [5.74, 6) is 0. The highest BCUT2D eigenvalue weighted by atomic mass is 16.5. The van der Waals surface area contributed by atoms with Crippen LogP contribution in [-0.4, -0.2) is 93.5 Å². The third kappa shape index (κ3) is 3.39. The molecule has 22 heavy (non-hydrogen) atoms. The average Bonchev–Trinajstić information content (AvgIpc) is 2.82. The third-order valence-corrected chi connectivity index (χ3v) is 5.27. The summed E-state index contributed by atoms with van der Waals surface area (Å²) in [5.41, 5.74) is 0.112. The number of hydrogen-bond donors (Lipinski definition) is 0. The van der Waals surface area contributed by atoms with Crippen molar-refractivity contribution in [1.29, 1.82) is 0 Å². The topological polar surface area (TPSA) is 45.2 Å². The van der Waals surface area contributed by atoms with Gasteiger partial charge in [-0.05, 0) is 25.8 Å². The fourth-order valence-corrected chi connectivity index (χ4v) is 4.02. The van der Waals surface area contributed by atoms with Crippen LogP contribution in [0.1, 0.15) is 19.3 Å². The number of ether oxygens (including phenoxy) is 2. The Morgan fingerprint density at radius 3 is 2.59 bits per heavy atom. The van der Waals surface area contributed by atoms with Gasteiger partial charge in [0.05, 0.1) is 13.2 Å². The zero-order chi connectivity index (χ0) is 15.6. The van der Waals surface area contributed by atoms with Gasteiger partial charge in [0, 0.05) is 58.4 Å². The molecule has 0 radical (unpaired) electrons. The molecule has 3 aliphatic heterocycles. The summed E-state index contributed by atoms with van der Waals surface area (Å²) in [7, 11) is 3.65. The highest BCUT2D eigenvalue weighted by Crippen LogP contribution is 2.36. The Morgan fingerprint density at radius 2 is 1.86 bits per heavy atom. The minimum Gasteiger partial charge on any atom is -0.381 e. The fraction of sp³-hybridized carbons (Fsp3) is 0.938. The monoisotopic (exact) mass is 311 g/mol. The molecule has 0 aromatic rings. The van der Waals surface area contributed by atoms with Gasteiger partial charge in [-0.25, -0.2) is 4.79 Å². The van der Waals surface area contributed by atoms with E-state index in [0.717, 1.165) is 58.7 Å². The van der Waals surface area contributed by atoms with Gasteiger partial charge in [0.25, 0.3) is 0 Å². The molecule has 0 saturated carbocycles. The van der Waals surface area contributed by atoms with Crippen molar-refractivity contribution < 1.29 is 14.3 Å². The first kappa shape index (κ1) is 16.0. The van der Waals surface area contributed by atoms with Gasteiger partial charge >= 0.3 is 6.03 Å². The minimum absolute atomic E-state index is 0.106. The molecule has 2 amide bonds. The van der Waals surface area contributed by atoms with Gasteiger partial charge in [-0.2, -0.15) is 0 Å². The quantitative estimate of drug-likeness (QED) is 0.721. The number of carbonyl (C=O) groups excluding carboxylic acids is 1. The number of likely N-dealkylation sites (tertiary alicyclic amines) is 1. The van der Waals surface area contributed by atoms with Crippen molar-refractivity contribution in [2.24, 2.45) is 5.41 Å². The van der Waals surface area contributed by atoms with E-state index in [4.69, 9.17) is 9.47 Å². The summed E-state index contributed by atoms with van der Waals surface area (Å²) >= 11 is 0. The maximum atomic E-state index is 12.3. The van der Waals surface area contributed by atoms with Crippen molar-refractivity contribution in [3.05, 3.63) is 0 Å². The number of nitrogens with zero attached hydrogens (tertiary/aromatic N) is 3. The van der Waals surface area contributed by atoms with E-state index in [-0.39, 0.29) is 11.4 Å². The van der Waals surface area contributed by atoms with E-state index < -0.39 is 0 Å². The van der Waals surface area contributed by atoms with Gasteiger partial charge in [0.2, 0.25) is 0 Å². The Morgan fingerprint density at radius 1 is 1.09 bits per heavy atom. The zero-order valence-electron chi connectivity index (χ0n) is 13.9. The molecule has 0 aromatic heterocycles. The van der Waals surface area contributed by atoms with Gasteiger partial charge in [-0.15, -0.1) is 0 Å².